The largest absolute Gasteiger partial charge is 0.416 e. The Labute approximate surface area is 155 Å². The summed E-state index contributed by atoms with van der Waals surface area (Å²) in [6.07, 6.45) is -4.57. The summed E-state index contributed by atoms with van der Waals surface area (Å²) in [5, 5.41) is 0. The van der Waals surface area contributed by atoms with Crippen LogP contribution in [0.15, 0.2) is 48.5 Å². The van der Waals surface area contributed by atoms with E-state index >= 15 is 0 Å². The average molecular weight is 400 g/mol. The Morgan fingerprint density at radius 3 is 2.33 bits per heavy atom. The molecule has 0 radical (unpaired) electrons. The zero-order valence-electron chi connectivity index (χ0n) is 14.4. The summed E-state index contributed by atoms with van der Waals surface area (Å²) in [5.41, 5.74) is -0.0348. The first-order chi connectivity index (χ1) is 12.7. The lowest BCUT2D eigenvalue weighted by atomic mass is 10.1. The molecule has 1 aliphatic rings. The molecule has 9 heteroatoms. The molecule has 2 aromatic carbocycles. The van der Waals surface area contributed by atoms with Gasteiger partial charge in [-0.15, -0.1) is 0 Å². The number of nitrogens with zero attached hydrogens (tertiary/aromatic N) is 1. The predicted octanol–water partition coefficient (Wildman–Crippen LogP) is 3.48. The van der Waals surface area contributed by atoms with E-state index in [4.69, 9.17) is 4.74 Å². The molecule has 0 aliphatic carbocycles. The monoisotopic (exact) mass is 400 g/mol. The highest BCUT2D eigenvalue weighted by atomic mass is 32.2. The Kier molecular flexibility index (Phi) is 5.61. The third kappa shape index (κ3) is 5.14. The van der Waals surface area contributed by atoms with Crippen molar-refractivity contribution in [3.05, 3.63) is 59.7 Å². The van der Waals surface area contributed by atoms with Gasteiger partial charge in [0.15, 0.2) is 0 Å². The van der Waals surface area contributed by atoms with E-state index in [9.17, 15) is 21.6 Å². The number of hydrogen-bond acceptors (Lipinski definition) is 4. The lowest BCUT2D eigenvalue weighted by molar-refractivity contribution is -0.137. The van der Waals surface area contributed by atoms with E-state index in [-0.39, 0.29) is 11.4 Å². The minimum atomic E-state index is -4.57. The first kappa shape index (κ1) is 19.5. The van der Waals surface area contributed by atoms with Crippen molar-refractivity contribution in [2.45, 2.75) is 11.9 Å². The lowest BCUT2D eigenvalue weighted by Crippen LogP contribution is -2.37. The van der Waals surface area contributed by atoms with E-state index in [1.54, 1.807) is 30.3 Å². The van der Waals surface area contributed by atoms with Gasteiger partial charge < -0.3 is 9.64 Å². The highest BCUT2D eigenvalue weighted by Crippen LogP contribution is 2.36. The summed E-state index contributed by atoms with van der Waals surface area (Å²) in [4.78, 5) is 1.81. The van der Waals surface area contributed by atoms with Crippen LogP contribution < -0.4 is 9.62 Å². The van der Waals surface area contributed by atoms with Gasteiger partial charge in [-0.3, -0.25) is 4.72 Å². The van der Waals surface area contributed by atoms with E-state index in [1.165, 1.54) is 6.07 Å². The molecule has 0 spiro atoms. The molecule has 1 heterocycles. The van der Waals surface area contributed by atoms with Crippen LogP contribution in [0, 0.1) is 0 Å². The van der Waals surface area contributed by atoms with Crippen molar-refractivity contribution in [1.29, 1.82) is 0 Å². The predicted molar refractivity (Wildman–Crippen MR) is 97.2 cm³/mol. The number of sulfonamides is 1. The molecule has 27 heavy (non-hydrogen) atoms. The lowest BCUT2D eigenvalue weighted by Gasteiger charge is -2.31. The Bertz CT molecular complexity index is 880. The molecular formula is C18H19F3N2O3S. The number of anilines is 2. The maximum Gasteiger partial charge on any atom is 0.416 e. The van der Waals surface area contributed by atoms with Crippen molar-refractivity contribution in [2.24, 2.45) is 0 Å². The van der Waals surface area contributed by atoms with Crippen LogP contribution in [0.2, 0.25) is 0 Å². The number of alkyl halides is 3. The average Bonchev–Trinajstić information content (AvgIpc) is 2.62. The minimum Gasteiger partial charge on any atom is -0.378 e. The molecule has 146 valence electrons. The molecule has 1 aliphatic heterocycles. The van der Waals surface area contributed by atoms with Crippen LogP contribution in [0.25, 0.3) is 0 Å². The molecule has 0 saturated carbocycles. The Morgan fingerprint density at radius 2 is 1.70 bits per heavy atom. The van der Waals surface area contributed by atoms with E-state index in [0.29, 0.717) is 37.6 Å². The van der Waals surface area contributed by atoms with Crippen molar-refractivity contribution < 1.29 is 26.3 Å². The maximum absolute atomic E-state index is 13.1. The molecule has 1 fully saturated rings. The van der Waals surface area contributed by atoms with Crippen LogP contribution in [-0.4, -0.2) is 34.7 Å². The smallest absolute Gasteiger partial charge is 0.378 e. The second kappa shape index (κ2) is 7.77. The molecule has 3 rings (SSSR count). The Morgan fingerprint density at radius 1 is 1.04 bits per heavy atom. The second-order valence-corrected chi connectivity index (χ2v) is 7.90. The number of morpholine rings is 1. The number of halogens is 3. The number of hydrogen-bond donors (Lipinski definition) is 1. The van der Waals surface area contributed by atoms with Gasteiger partial charge in [0.1, 0.15) is 0 Å². The van der Waals surface area contributed by atoms with Crippen LogP contribution >= 0.6 is 0 Å². The fourth-order valence-corrected chi connectivity index (χ4v) is 4.07. The van der Waals surface area contributed by atoms with Crippen molar-refractivity contribution in [1.82, 2.24) is 0 Å². The number of benzene rings is 2. The number of ether oxygens (including phenoxy) is 1. The molecule has 0 bridgehead atoms. The van der Waals surface area contributed by atoms with Crippen LogP contribution in [0.3, 0.4) is 0 Å². The quantitative estimate of drug-likeness (QED) is 0.835. The zero-order chi connectivity index (χ0) is 19.5. The molecule has 0 aromatic heterocycles. The summed E-state index contributed by atoms with van der Waals surface area (Å²) in [7, 11) is -3.89. The first-order valence-corrected chi connectivity index (χ1v) is 9.98. The van der Waals surface area contributed by atoms with E-state index in [2.05, 4.69) is 4.72 Å². The van der Waals surface area contributed by atoms with Gasteiger partial charge in [-0.2, -0.15) is 13.2 Å². The standard InChI is InChI=1S/C18H19F3N2O3S/c19-18(20,21)15-6-7-17(23-8-10-26-11-9-23)16(12-15)22-27(24,25)13-14-4-2-1-3-5-14/h1-7,12,22H,8-11,13H2. The van der Waals surface area contributed by atoms with Crippen molar-refractivity contribution >= 4 is 21.4 Å². The van der Waals surface area contributed by atoms with Crippen LogP contribution in [-0.2, 0) is 26.7 Å². The van der Waals surface area contributed by atoms with Crippen molar-refractivity contribution in [2.75, 3.05) is 35.9 Å². The van der Waals surface area contributed by atoms with Crippen molar-refractivity contribution in [3.8, 4) is 0 Å². The highest BCUT2D eigenvalue weighted by Gasteiger charge is 2.32. The van der Waals surface area contributed by atoms with Gasteiger partial charge in [-0.05, 0) is 23.8 Å². The van der Waals surface area contributed by atoms with Crippen LogP contribution in [0.4, 0.5) is 24.5 Å². The van der Waals surface area contributed by atoms with Crippen LogP contribution in [0.5, 0.6) is 0 Å². The zero-order valence-corrected chi connectivity index (χ0v) is 15.2. The summed E-state index contributed by atoms with van der Waals surface area (Å²) < 4.78 is 72.0. The third-order valence-electron chi connectivity index (χ3n) is 4.14. The topological polar surface area (TPSA) is 58.6 Å². The first-order valence-electron chi connectivity index (χ1n) is 8.33. The fourth-order valence-electron chi connectivity index (χ4n) is 2.87. The summed E-state index contributed by atoms with van der Waals surface area (Å²) >= 11 is 0. The Balaban J connectivity index is 1.93. The molecule has 1 saturated heterocycles. The number of nitrogens with one attached hydrogen (secondary N) is 1. The summed E-state index contributed by atoms with van der Waals surface area (Å²) in [6, 6.07) is 11.6. The minimum absolute atomic E-state index is 0.0809. The van der Waals surface area contributed by atoms with Gasteiger partial charge in [-0.1, -0.05) is 30.3 Å². The van der Waals surface area contributed by atoms with E-state index in [0.717, 1.165) is 12.1 Å². The van der Waals surface area contributed by atoms with Gasteiger partial charge in [0.25, 0.3) is 0 Å². The summed E-state index contributed by atoms with van der Waals surface area (Å²) in [5.74, 6) is -0.327. The molecule has 0 atom stereocenters. The molecular weight excluding hydrogens is 381 g/mol. The normalized spacial score (nSPS) is 15.6. The molecule has 0 amide bonds. The molecule has 2 aromatic rings. The van der Waals surface area contributed by atoms with Crippen molar-refractivity contribution in [3.63, 3.8) is 0 Å². The van der Waals surface area contributed by atoms with Gasteiger partial charge in [0, 0.05) is 13.1 Å². The molecule has 5 nitrogen and oxygen atoms in total. The fraction of sp³-hybridized carbons (Fsp3) is 0.333. The maximum atomic E-state index is 13.1. The SMILES string of the molecule is O=S(=O)(Cc1ccccc1)Nc1cc(C(F)(F)F)ccc1N1CCOCC1. The molecule has 1 N–H and O–H groups in total. The number of rotatable bonds is 5. The van der Waals surface area contributed by atoms with E-state index in [1.807, 2.05) is 4.90 Å². The van der Waals surface area contributed by atoms with Gasteiger partial charge in [0.2, 0.25) is 10.0 Å². The van der Waals surface area contributed by atoms with E-state index < -0.39 is 21.8 Å². The van der Waals surface area contributed by atoms with Gasteiger partial charge in [-0.25, -0.2) is 8.42 Å². The molecule has 0 unspecified atom stereocenters. The van der Waals surface area contributed by atoms with Crippen LogP contribution in [0.1, 0.15) is 11.1 Å². The van der Waals surface area contributed by atoms with Gasteiger partial charge in [0.05, 0.1) is 35.9 Å². The third-order valence-corrected chi connectivity index (χ3v) is 5.38. The second-order valence-electron chi connectivity index (χ2n) is 6.18. The summed E-state index contributed by atoms with van der Waals surface area (Å²) in [6.45, 7) is 1.80. The highest BCUT2D eigenvalue weighted by molar-refractivity contribution is 7.91. The Hall–Kier alpha value is -2.26. The van der Waals surface area contributed by atoms with Gasteiger partial charge >= 0.3 is 6.18 Å².